The number of sulfone groups is 1. The maximum Gasteiger partial charge on any atom is 0.247 e. The summed E-state index contributed by atoms with van der Waals surface area (Å²) in [7, 11) is -3.53. The van der Waals surface area contributed by atoms with Gasteiger partial charge in [-0.3, -0.25) is 4.79 Å². The topological polar surface area (TPSA) is 88.2 Å². The zero-order chi connectivity index (χ0) is 18.1. The van der Waals surface area contributed by atoms with Crippen LogP contribution in [0.25, 0.3) is 10.6 Å². The molecule has 2 aromatic rings. The number of piperidine rings is 1. The summed E-state index contributed by atoms with van der Waals surface area (Å²) in [6, 6.07) is 4.10. The summed E-state index contributed by atoms with van der Waals surface area (Å²) in [6.45, 7) is 3.13. The van der Waals surface area contributed by atoms with Gasteiger partial charge in [0.2, 0.25) is 5.91 Å². The van der Waals surface area contributed by atoms with Gasteiger partial charge in [0.25, 0.3) is 0 Å². The Morgan fingerprint density at radius 2 is 2.08 bits per heavy atom. The van der Waals surface area contributed by atoms with Crippen molar-refractivity contribution in [1.29, 1.82) is 0 Å². The van der Waals surface area contributed by atoms with Crippen LogP contribution in [-0.4, -0.2) is 43.4 Å². The molecule has 3 heterocycles. The van der Waals surface area contributed by atoms with Gasteiger partial charge < -0.3 is 10.6 Å². The Labute approximate surface area is 155 Å². The first-order valence-electron chi connectivity index (χ1n) is 8.12. The largest absolute Gasteiger partial charge is 0.317 e. The lowest BCUT2D eigenvalue weighted by molar-refractivity contribution is -0.119. The van der Waals surface area contributed by atoms with E-state index in [4.69, 9.17) is 0 Å². The number of aryl methyl sites for hydroxylation is 1. The Kier molecular flexibility index (Phi) is 5.29. The molecule has 1 saturated heterocycles. The van der Waals surface area contributed by atoms with Gasteiger partial charge in [0.1, 0.15) is 0 Å². The molecule has 1 amide bonds. The molecule has 0 aliphatic carbocycles. The molecule has 0 atom stereocenters. The number of thiazole rings is 1. The van der Waals surface area contributed by atoms with Crippen LogP contribution in [-0.2, 0) is 21.1 Å². The molecule has 9 heteroatoms. The highest BCUT2D eigenvalue weighted by atomic mass is 32.2. The van der Waals surface area contributed by atoms with Gasteiger partial charge in [-0.2, -0.15) is 0 Å². The molecule has 136 valence electrons. The zero-order valence-corrected chi connectivity index (χ0v) is 16.6. The number of hydrogen-bond donors (Lipinski definition) is 2. The molecular formula is C16H21N3O3S3. The monoisotopic (exact) mass is 399 g/mol. The fourth-order valence-corrected chi connectivity index (χ4v) is 5.98. The standard InChI is InChI=1S/C16H21N3O3S3/c1-3-11-4-5-13(24-11)12-10-23-15(18-12)19-14(20)16(25(2,21)22)6-8-17-9-7-16/h4-5,10,17H,3,6-9H2,1-2H3,(H,18,19,20). The van der Waals surface area contributed by atoms with Crippen molar-refractivity contribution in [3.63, 3.8) is 0 Å². The van der Waals surface area contributed by atoms with E-state index in [1.807, 2.05) is 11.4 Å². The first-order valence-corrected chi connectivity index (χ1v) is 11.7. The first kappa shape index (κ1) is 18.5. The average molecular weight is 400 g/mol. The summed E-state index contributed by atoms with van der Waals surface area (Å²) < 4.78 is 23.2. The van der Waals surface area contributed by atoms with Crippen LogP contribution in [0.4, 0.5) is 5.13 Å². The third-order valence-corrected chi connectivity index (χ3v) is 8.55. The summed E-state index contributed by atoms with van der Waals surface area (Å²) in [5.41, 5.74) is 0.809. The van der Waals surface area contributed by atoms with E-state index in [1.165, 1.54) is 16.2 Å². The molecular weight excluding hydrogens is 378 g/mol. The lowest BCUT2D eigenvalue weighted by atomic mass is 9.96. The van der Waals surface area contributed by atoms with Crippen molar-refractivity contribution < 1.29 is 13.2 Å². The number of nitrogens with zero attached hydrogens (tertiary/aromatic N) is 1. The number of hydrogen-bond acceptors (Lipinski definition) is 7. The van der Waals surface area contributed by atoms with Gasteiger partial charge in [-0.15, -0.1) is 22.7 Å². The van der Waals surface area contributed by atoms with Crippen LogP contribution in [0, 0.1) is 0 Å². The average Bonchev–Trinajstić information content (AvgIpc) is 3.23. The van der Waals surface area contributed by atoms with Gasteiger partial charge in [-0.1, -0.05) is 6.92 Å². The highest BCUT2D eigenvalue weighted by Gasteiger charge is 2.48. The molecule has 0 saturated carbocycles. The second-order valence-corrected chi connectivity index (χ2v) is 10.5. The van der Waals surface area contributed by atoms with E-state index in [0.29, 0.717) is 18.2 Å². The summed E-state index contributed by atoms with van der Waals surface area (Å²) >= 11 is 2.99. The van der Waals surface area contributed by atoms with Crippen LogP contribution in [0.3, 0.4) is 0 Å². The van der Waals surface area contributed by atoms with Gasteiger partial charge in [0.15, 0.2) is 19.7 Å². The van der Waals surface area contributed by atoms with Gasteiger partial charge in [0.05, 0.1) is 10.6 Å². The molecule has 0 spiro atoms. The predicted molar refractivity (Wildman–Crippen MR) is 103 cm³/mol. The van der Waals surface area contributed by atoms with E-state index < -0.39 is 20.5 Å². The Morgan fingerprint density at radius 3 is 2.68 bits per heavy atom. The first-order chi connectivity index (χ1) is 11.9. The van der Waals surface area contributed by atoms with Crippen molar-refractivity contribution in [2.75, 3.05) is 24.7 Å². The van der Waals surface area contributed by atoms with Crippen molar-refractivity contribution in [2.24, 2.45) is 0 Å². The van der Waals surface area contributed by atoms with Crippen LogP contribution < -0.4 is 10.6 Å². The highest BCUT2D eigenvalue weighted by Crippen LogP contribution is 2.33. The van der Waals surface area contributed by atoms with Crippen LogP contribution in [0.15, 0.2) is 17.5 Å². The fraction of sp³-hybridized carbons (Fsp3) is 0.500. The van der Waals surface area contributed by atoms with Gasteiger partial charge in [0, 0.05) is 16.5 Å². The molecule has 3 rings (SSSR count). The maximum absolute atomic E-state index is 12.8. The molecule has 1 aliphatic heterocycles. The van der Waals surface area contributed by atoms with Crippen molar-refractivity contribution in [3.05, 3.63) is 22.4 Å². The quantitative estimate of drug-likeness (QED) is 0.807. The molecule has 1 fully saturated rings. The van der Waals surface area contributed by atoms with Gasteiger partial charge in [-0.05, 0) is 44.5 Å². The normalized spacial score (nSPS) is 17.4. The molecule has 0 bridgehead atoms. The third kappa shape index (κ3) is 3.64. The Morgan fingerprint density at radius 1 is 1.36 bits per heavy atom. The Bertz CT molecular complexity index is 864. The molecule has 0 radical (unpaired) electrons. The second kappa shape index (κ2) is 7.14. The third-order valence-electron chi connectivity index (χ3n) is 4.52. The minimum atomic E-state index is -3.53. The van der Waals surface area contributed by atoms with Crippen LogP contribution in [0.5, 0.6) is 0 Å². The number of carbonyl (C=O) groups excluding carboxylic acids is 1. The van der Waals surface area contributed by atoms with Crippen LogP contribution >= 0.6 is 22.7 Å². The molecule has 1 aliphatic rings. The number of anilines is 1. The van der Waals surface area contributed by atoms with E-state index in [2.05, 4.69) is 28.6 Å². The smallest absolute Gasteiger partial charge is 0.247 e. The van der Waals surface area contributed by atoms with Crippen molar-refractivity contribution in [2.45, 2.75) is 30.9 Å². The molecule has 2 aromatic heterocycles. The Balaban J connectivity index is 1.80. The summed E-state index contributed by atoms with van der Waals surface area (Å²) in [5, 5.41) is 8.17. The lowest BCUT2D eigenvalue weighted by Gasteiger charge is -2.33. The van der Waals surface area contributed by atoms with Crippen LogP contribution in [0.2, 0.25) is 0 Å². The number of thiophene rings is 1. The molecule has 0 aromatic carbocycles. The molecule has 25 heavy (non-hydrogen) atoms. The van der Waals surface area contributed by atoms with Crippen LogP contribution in [0.1, 0.15) is 24.6 Å². The Hall–Kier alpha value is -1.29. The maximum atomic E-state index is 12.8. The number of amides is 1. The highest BCUT2D eigenvalue weighted by molar-refractivity contribution is 7.92. The van der Waals surface area contributed by atoms with E-state index in [1.54, 1.807) is 11.3 Å². The van der Waals surface area contributed by atoms with Gasteiger partial charge in [-0.25, -0.2) is 13.4 Å². The number of rotatable bonds is 5. The summed E-state index contributed by atoms with van der Waals surface area (Å²) in [4.78, 5) is 19.6. The number of nitrogens with one attached hydrogen (secondary N) is 2. The summed E-state index contributed by atoms with van der Waals surface area (Å²) in [6.07, 6.45) is 2.67. The minimum Gasteiger partial charge on any atom is -0.317 e. The van der Waals surface area contributed by atoms with Gasteiger partial charge >= 0.3 is 0 Å². The number of aromatic nitrogens is 1. The molecule has 6 nitrogen and oxygen atoms in total. The van der Waals surface area contributed by atoms with Crippen molar-refractivity contribution >= 4 is 43.5 Å². The van der Waals surface area contributed by atoms with E-state index in [0.717, 1.165) is 23.2 Å². The molecule has 2 N–H and O–H groups in total. The molecule has 0 unspecified atom stereocenters. The number of carbonyl (C=O) groups is 1. The lowest BCUT2D eigenvalue weighted by Crippen LogP contribution is -2.55. The summed E-state index contributed by atoms with van der Waals surface area (Å²) in [5.74, 6) is -0.474. The van der Waals surface area contributed by atoms with E-state index >= 15 is 0 Å². The zero-order valence-electron chi connectivity index (χ0n) is 14.2. The minimum absolute atomic E-state index is 0.278. The van der Waals surface area contributed by atoms with Crippen molar-refractivity contribution in [1.82, 2.24) is 10.3 Å². The predicted octanol–water partition coefficient (Wildman–Crippen LogP) is 2.54. The van der Waals surface area contributed by atoms with E-state index in [-0.39, 0.29) is 12.8 Å². The van der Waals surface area contributed by atoms with Crippen molar-refractivity contribution in [3.8, 4) is 10.6 Å². The second-order valence-electron chi connectivity index (χ2n) is 6.13. The SMILES string of the molecule is CCc1ccc(-c2csc(NC(=O)C3(S(C)(=O)=O)CCNCC3)n2)s1. The fourth-order valence-electron chi connectivity index (χ4n) is 2.96. The van der Waals surface area contributed by atoms with E-state index in [9.17, 15) is 13.2 Å².